The van der Waals surface area contributed by atoms with Crippen molar-refractivity contribution in [2.24, 2.45) is 0 Å². The zero-order chi connectivity index (χ0) is 10.1. The first kappa shape index (κ1) is 9.77. The molecule has 0 unspecified atom stereocenters. The third-order valence-corrected chi connectivity index (χ3v) is 3.48. The van der Waals surface area contributed by atoms with E-state index in [1.165, 1.54) is 11.3 Å². The van der Waals surface area contributed by atoms with Crippen molar-refractivity contribution in [3.63, 3.8) is 0 Å². The fourth-order valence-corrected chi connectivity index (χ4v) is 2.53. The number of hydrogen-bond donors (Lipinski definition) is 2. The van der Waals surface area contributed by atoms with Crippen molar-refractivity contribution in [2.75, 3.05) is 0 Å². The number of alkyl halides is 1. The molecule has 4 heteroatoms. The predicted molar refractivity (Wildman–Crippen MR) is 59.0 cm³/mol. The Kier molecular flexibility index (Phi) is 2.63. The second-order valence-corrected chi connectivity index (χ2v) is 4.19. The van der Waals surface area contributed by atoms with Crippen LogP contribution in [0.25, 0.3) is 10.1 Å². The van der Waals surface area contributed by atoms with Gasteiger partial charge in [-0.2, -0.15) is 0 Å². The fraction of sp³-hybridized carbons (Fsp3) is 0.200. The average Bonchev–Trinajstić information content (AvgIpc) is 2.59. The number of aliphatic hydroxyl groups is 1. The highest BCUT2D eigenvalue weighted by Gasteiger charge is 2.08. The quantitative estimate of drug-likeness (QED) is 0.776. The van der Waals surface area contributed by atoms with Crippen LogP contribution in [0.1, 0.15) is 11.1 Å². The molecule has 0 spiro atoms. The molecule has 74 valence electrons. The Labute approximate surface area is 90.4 Å². The summed E-state index contributed by atoms with van der Waals surface area (Å²) in [5.74, 6) is 0.643. The van der Waals surface area contributed by atoms with Gasteiger partial charge >= 0.3 is 0 Å². The lowest BCUT2D eigenvalue weighted by atomic mass is 10.1. The van der Waals surface area contributed by atoms with Crippen LogP contribution in [0.5, 0.6) is 5.75 Å². The number of fused-ring (bicyclic) bond motifs is 1. The van der Waals surface area contributed by atoms with Gasteiger partial charge in [0.05, 0.1) is 6.61 Å². The van der Waals surface area contributed by atoms with Gasteiger partial charge in [0.2, 0.25) is 0 Å². The van der Waals surface area contributed by atoms with Gasteiger partial charge in [0, 0.05) is 21.3 Å². The second kappa shape index (κ2) is 3.77. The molecule has 0 aliphatic rings. The van der Waals surface area contributed by atoms with Crippen LogP contribution in [0.15, 0.2) is 17.5 Å². The van der Waals surface area contributed by atoms with Crippen molar-refractivity contribution < 1.29 is 10.2 Å². The van der Waals surface area contributed by atoms with Gasteiger partial charge in [0.25, 0.3) is 0 Å². The molecule has 0 aliphatic heterocycles. The summed E-state index contributed by atoms with van der Waals surface area (Å²) >= 11 is 7.15. The van der Waals surface area contributed by atoms with Gasteiger partial charge in [-0.25, -0.2) is 0 Å². The molecular formula is C10H9ClO2S. The Morgan fingerprint density at radius 2 is 2.14 bits per heavy atom. The molecular weight excluding hydrogens is 220 g/mol. The Bertz CT molecular complexity index is 464. The van der Waals surface area contributed by atoms with E-state index in [1.807, 2.05) is 12.1 Å². The van der Waals surface area contributed by atoms with Crippen molar-refractivity contribution in [3.8, 4) is 5.75 Å². The van der Waals surface area contributed by atoms with Crippen LogP contribution < -0.4 is 0 Å². The SMILES string of the molecule is OCc1cc(CCl)cc2c(O)csc12. The van der Waals surface area contributed by atoms with Crippen LogP contribution in [-0.2, 0) is 12.5 Å². The molecule has 2 aromatic rings. The highest BCUT2D eigenvalue weighted by Crippen LogP contribution is 2.35. The number of halogens is 1. The van der Waals surface area contributed by atoms with Crippen molar-refractivity contribution in [2.45, 2.75) is 12.5 Å². The predicted octanol–water partition coefficient (Wildman–Crippen LogP) is 2.84. The number of aromatic hydroxyl groups is 1. The van der Waals surface area contributed by atoms with Crippen LogP contribution in [0.4, 0.5) is 0 Å². The first-order chi connectivity index (χ1) is 6.76. The summed E-state index contributed by atoms with van der Waals surface area (Å²) < 4.78 is 0.930. The molecule has 0 saturated carbocycles. The summed E-state index contributed by atoms with van der Waals surface area (Å²) in [6.45, 7) is -0.0266. The monoisotopic (exact) mass is 228 g/mol. The number of aliphatic hydroxyl groups excluding tert-OH is 1. The standard InChI is InChI=1S/C10H9ClO2S/c11-3-6-1-7(4-12)10-8(2-6)9(13)5-14-10/h1-2,5,12-13H,3-4H2. The molecule has 0 amide bonds. The van der Waals surface area contributed by atoms with E-state index in [4.69, 9.17) is 16.7 Å². The van der Waals surface area contributed by atoms with Crippen LogP contribution >= 0.6 is 22.9 Å². The van der Waals surface area contributed by atoms with Crippen LogP contribution in [0, 0.1) is 0 Å². The number of thiophene rings is 1. The minimum absolute atomic E-state index is 0.0266. The molecule has 0 radical (unpaired) electrons. The van der Waals surface area contributed by atoms with Gasteiger partial charge in [-0.15, -0.1) is 22.9 Å². The van der Waals surface area contributed by atoms with E-state index in [2.05, 4.69) is 0 Å². The first-order valence-corrected chi connectivity index (χ1v) is 5.56. The Hall–Kier alpha value is -0.770. The van der Waals surface area contributed by atoms with Crippen molar-refractivity contribution in [1.82, 2.24) is 0 Å². The van der Waals surface area contributed by atoms with E-state index in [0.29, 0.717) is 5.88 Å². The van der Waals surface area contributed by atoms with Gasteiger partial charge in [-0.05, 0) is 17.2 Å². The topological polar surface area (TPSA) is 40.5 Å². The summed E-state index contributed by atoms with van der Waals surface area (Å²) in [6.07, 6.45) is 0. The molecule has 14 heavy (non-hydrogen) atoms. The smallest absolute Gasteiger partial charge is 0.134 e. The molecule has 0 aliphatic carbocycles. The molecule has 2 rings (SSSR count). The number of benzene rings is 1. The maximum Gasteiger partial charge on any atom is 0.134 e. The molecule has 1 heterocycles. The number of hydrogen-bond acceptors (Lipinski definition) is 3. The molecule has 2 nitrogen and oxygen atoms in total. The molecule has 0 fully saturated rings. The molecule has 0 saturated heterocycles. The van der Waals surface area contributed by atoms with E-state index in [0.717, 1.165) is 21.2 Å². The van der Waals surface area contributed by atoms with Gasteiger partial charge < -0.3 is 10.2 Å². The normalized spacial score (nSPS) is 11.0. The third-order valence-electron chi connectivity index (χ3n) is 2.11. The Balaban J connectivity index is 2.76. The highest BCUT2D eigenvalue weighted by atomic mass is 35.5. The second-order valence-electron chi connectivity index (χ2n) is 3.04. The van der Waals surface area contributed by atoms with Gasteiger partial charge in [-0.1, -0.05) is 6.07 Å². The maximum absolute atomic E-state index is 9.54. The third kappa shape index (κ3) is 1.47. The molecule has 1 aromatic carbocycles. The Morgan fingerprint density at radius 3 is 2.79 bits per heavy atom. The van der Waals surface area contributed by atoms with Crippen molar-refractivity contribution in [3.05, 3.63) is 28.6 Å². The lowest BCUT2D eigenvalue weighted by Gasteiger charge is -2.02. The van der Waals surface area contributed by atoms with Gasteiger partial charge in [0.1, 0.15) is 5.75 Å². The minimum atomic E-state index is -0.0266. The van der Waals surface area contributed by atoms with Crippen LogP contribution in [0.2, 0.25) is 0 Å². The van der Waals surface area contributed by atoms with Crippen molar-refractivity contribution in [1.29, 1.82) is 0 Å². The fourth-order valence-electron chi connectivity index (χ4n) is 1.46. The van der Waals surface area contributed by atoms with Crippen LogP contribution in [0.3, 0.4) is 0 Å². The highest BCUT2D eigenvalue weighted by molar-refractivity contribution is 7.17. The lowest BCUT2D eigenvalue weighted by Crippen LogP contribution is -1.86. The largest absolute Gasteiger partial charge is 0.506 e. The van der Waals surface area contributed by atoms with E-state index in [9.17, 15) is 5.11 Å². The average molecular weight is 229 g/mol. The molecule has 0 atom stereocenters. The first-order valence-electron chi connectivity index (χ1n) is 4.15. The summed E-state index contributed by atoms with van der Waals surface area (Å²) in [4.78, 5) is 0. The number of rotatable bonds is 2. The van der Waals surface area contributed by atoms with E-state index in [1.54, 1.807) is 5.38 Å². The van der Waals surface area contributed by atoms with Crippen molar-refractivity contribution >= 4 is 33.0 Å². The zero-order valence-corrected chi connectivity index (χ0v) is 8.90. The maximum atomic E-state index is 9.54. The zero-order valence-electron chi connectivity index (χ0n) is 7.33. The lowest BCUT2D eigenvalue weighted by molar-refractivity contribution is 0.283. The molecule has 0 bridgehead atoms. The van der Waals surface area contributed by atoms with E-state index in [-0.39, 0.29) is 12.4 Å². The van der Waals surface area contributed by atoms with Gasteiger partial charge in [0.15, 0.2) is 0 Å². The van der Waals surface area contributed by atoms with Gasteiger partial charge in [-0.3, -0.25) is 0 Å². The molecule has 2 N–H and O–H groups in total. The summed E-state index contributed by atoms with van der Waals surface area (Å²) in [7, 11) is 0. The molecule has 1 aromatic heterocycles. The van der Waals surface area contributed by atoms with Crippen LogP contribution in [-0.4, -0.2) is 10.2 Å². The summed E-state index contributed by atoms with van der Waals surface area (Å²) in [5, 5.41) is 21.1. The summed E-state index contributed by atoms with van der Waals surface area (Å²) in [5.41, 5.74) is 1.74. The summed E-state index contributed by atoms with van der Waals surface area (Å²) in [6, 6.07) is 3.72. The Morgan fingerprint density at radius 1 is 1.36 bits per heavy atom. The minimum Gasteiger partial charge on any atom is -0.506 e. The van der Waals surface area contributed by atoms with E-state index >= 15 is 0 Å². The van der Waals surface area contributed by atoms with E-state index < -0.39 is 0 Å².